The van der Waals surface area contributed by atoms with Crippen molar-refractivity contribution in [2.45, 2.75) is 19.0 Å². The number of rotatable bonds is 3. The Hall–Kier alpha value is -3.14. The van der Waals surface area contributed by atoms with Gasteiger partial charge in [0.05, 0.1) is 13.7 Å². The molecular weight excluding hydrogens is 298 g/mol. The normalized spacial score (nSPS) is 19.9. The molecule has 7 nitrogen and oxygen atoms in total. The summed E-state index contributed by atoms with van der Waals surface area (Å²) in [6.07, 6.45) is 1.70. The Labute approximate surface area is 132 Å². The molecule has 7 heteroatoms. The number of carbonyl (C=O) groups excluding carboxylic acids is 2. The highest BCUT2D eigenvalue weighted by molar-refractivity contribution is 6.09. The lowest BCUT2D eigenvalue weighted by Crippen LogP contribution is -2.49. The van der Waals surface area contributed by atoms with Crippen LogP contribution in [0.3, 0.4) is 0 Å². The maximum absolute atomic E-state index is 12.1. The molecule has 3 rings (SSSR count). The minimum atomic E-state index is -1.40. The summed E-state index contributed by atoms with van der Waals surface area (Å²) in [4.78, 5) is 23.6. The Morgan fingerprint density at radius 2 is 2.17 bits per heavy atom. The standard InChI is InChI=1S/C16H15N3O4/c1-3-6-16(14(21)17-15(22)18-16)9-19-8-10-4-5-11(23-2)7-12(10)13(19)20/h4-5,7-8,20H,9H2,1-2H3,(H2,17,18,21,22)/t16-/m1/s1. The Balaban J connectivity index is 2.06. The molecule has 3 N–H and O–H groups in total. The first kappa shape index (κ1) is 14.8. The first-order valence-corrected chi connectivity index (χ1v) is 6.92. The molecule has 0 saturated carbocycles. The zero-order chi connectivity index (χ0) is 16.6. The molecule has 1 saturated heterocycles. The van der Waals surface area contributed by atoms with Crippen molar-refractivity contribution in [3.63, 3.8) is 0 Å². The second-order valence-corrected chi connectivity index (χ2v) is 5.22. The highest BCUT2D eigenvalue weighted by atomic mass is 16.5. The van der Waals surface area contributed by atoms with E-state index in [1.165, 1.54) is 4.57 Å². The molecule has 1 atom stereocenters. The first-order chi connectivity index (χ1) is 11.0. The lowest BCUT2D eigenvalue weighted by Gasteiger charge is -2.20. The van der Waals surface area contributed by atoms with E-state index in [0.29, 0.717) is 11.1 Å². The number of fused-ring (bicyclic) bond motifs is 1. The van der Waals surface area contributed by atoms with Crippen LogP contribution in [0.5, 0.6) is 11.6 Å². The Bertz CT molecular complexity index is 875. The van der Waals surface area contributed by atoms with Crippen molar-refractivity contribution in [2.75, 3.05) is 7.11 Å². The van der Waals surface area contributed by atoms with Crippen molar-refractivity contribution in [3.8, 4) is 23.5 Å². The average Bonchev–Trinajstić information content (AvgIpc) is 2.97. The van der Waals surface area contributed by atoms with Crippen LogP contribution in [0, 0.1) is 11.8 Å². The van der Waals surface area contributed by atoms with Gasteiger partial charge in [0.25, 0.3) is 5.91 Å². The number of methoxy groups -OCH3 is 1. The van der Waals surface area contributed by atoms with Gasteiger partial charge in [0.15, 0.2) is 5.88 Å². The number of hydrogen-bond acceptors (Lipinski definition) is 4. The molecule has 1 aliphatic heterocycles. The third kappa shape index (κ3) is 2.34. The van der Waals surface area contributed by atoms with Gasteiger partial charge in [-0.05, 0) is 25.1 Å². The highest BCUT2D eigenvalue weighted by Gasteiger charge is 2.45. The maximum Gasteiger partial charge on any atom is 0.323 e. The van der Waals surface area contributed by atoms with Crippen LogP contribution in [0.2, 0.25) is 0 Å². The van der Waals surface area contributed by atoms with E-state index in [1.54, 1.807) is 38.4 Å². The summed E-state index contributed by atoms with van der Waals surface area (Å²) in [5, 5.41) is 16.5. The monoisotopic (exact) mass is 313 g/mol. The van der Waals surface area contributed by atoms with Gasteiger partial charge in [0.1, 0.15) is 5.75 Å². The molecule has 2 heterocycles. The third-order valence-corrected chi connectivity index (χ3v) is 3.76. The molecule has 1 aromatic heterocycles. The number of urea groups is 1. The second-order valence-electron chi connectivity index (χ2n) is 5.22. The number of imide groups is 1. The molecule has 118 valence electrons. The van der Waals surface area contributed by atoms with Crippen LogP contribution in [0.15, 0.2) is 24.4 Å². The number of ether oxygens (including phenoxy) is 1. The quantitative estimate of drug-likeness (QED) is 0.581. The van der Waals surface area contributed by atoms with Crippen molar-refractivity contribution in [1.82, 2.24) is 15.2 Å². The number of benzene rings is 1. The molecule has 3 amide bonds. The fraction of sp³-hybridized carbons (Fsp3) is 0.250. The van der Waals surface area contributed by atoms with Gasteiger partial charge < -0.3 is 19.7 Å². The van der Waals surface area contributed by atoms with Gasteiger partial charge >= 0.3 is 6.03 Å². The van der Waals surface area contributed by atoms with E-state index in [0.717, 1.165) is 5.39 Å². The van der Waals surface area contributed by atoms with Crippen molar-refractivity contribution in [1.29, 1.82) is 0 Å². The number of amides is 3. The van der Waals surface area contributed by atoms with Gasteiger partial charge in [0.2, 0.25) is 5.54 Å². The number of hydrogen-bond donors (Lipinski definition) is 3. The predicted molar refractivity (Wildman–Crippen MR) is 83.0 cm³/mol. The topological polar surface area (TPSA) is 92.6 Å². The lowest BCUT2D eigenvalue weighted by molar-refractivity contribution is -0.122. The van der Waals surface area contributed by atoms with Crippen molar-refractivity contribution in [3.05, 3.63) is 24.4 Å². The summed E-state index contributed by atoms with van der Waals surface area (Å²) in [7, 11) is 1.54. The van der Waals surface area contributed by atoms with E-state index < -0.39 is 17.5 Å². The van der Waals surface area contributed by atoms with Crippen LogP contribution in [0.4, 0.5) is 4.79 Å². The van der Waals surface area contributed by atoms with E-state index >= 15 is 0 Å². The number of nitrogens with zero attached hydrogens (tertiary/aromatic N) is 1. The molecule has 0 aliphatic carbocycles. The van der Waals surface area contributed by atoms with E-state index in [2.05, 4.69) is 22.5 Å². The van der Waals surface area contributed by atoms with Crippen LogP contribution in [-0.4, -0.2) is 34.3 Å². The average molecular weight is 313 g/mol. The fourth-order valence-corrected chi connectivity index (χ4v) is 2.67. The number of aromatic nitrogens is 1. The molecule has 1 aliphatic rings. The minimum Gasteiger partial charge on any atom is -0.497 e. The highest BCUT2D eigenvalue weighted by Crippen LogP contribution is 2.31. The zero-order valence-corrected chi connectivity index (χ0v) is 12.6. The van der Waals surface area contributed by atoms with E-state index in [-0.39, 0.29) is 12.4 Å². The maximum atomic E-state index is 12.1. The SMILES string of the molecule is CC#C[C@]1(Cn2cc3ccc(OC)cc3c2O)NC(=O)NC1=O. The van der Waals surface area contributed by atoms with E-state index in [1.807, 2.05) is 0 Å². The van der Waals surface area contributed by atoms with Crippen LogP contribution < -0.4 is 15.4 Å². The molecule has 0 bridgehead atoms. The summed E-state index contributed by atoms with van der Waals surface area (Å²) in [6, 6.07) is 4.68. The van der Waals surface area contributed by atoms with Crippen molar-refractivity contribution < 1.29 is 19.4 Å². The molecule has 0 radical (unpaired) electrons. The number of nitrogens with one attached hydrogen (secondary N) is 2. The largest absolute Gasteiger partial charge is 0.497 e. The summed E-state index contributed by atoms with van der Waals surface area (Å²) in [6.45, 7) is 1.57. The lowest BCUT2D eigenvalue weighted by atomic mass is 10.0. The molecule has 1 aromatic carbocycles. The zero-order valence-electron chi connectivity index (χ0n) is 12.6. The van der Waals surface area contributed by atoms with Gasteiger partial charge in [-0.2, -0.15) is 0 Å². The number of aromatic hydroxyl groups is 1. The Kier molecular flexibility index (Phi) is 3.37. The summed E-state index contributed by atoms with van der Waals surface area (Å²) >= 11 is 0. The van der Waals surface area contributed by atoms with Gasteiger partial charge in [-0.15, -0.1) is 5.92 Å². The van der Waals surface area contributed by atoms with Crippen molar-refractivity contribution in [2.24, 2.45) is 0 Å². The summed E-state index contributed by atoms with van der Waals surface area (Å²) in [5.41, 5.74) is -1.40. The third-order valence-electron chi connectivity index (χ3n) is 3.76. The summed E-state index contributed by atoms with van der Waals surface area (Å²) in [5.74, 6) is 5.44. The van der Waals surface area contributed by atoms with Gasteiger partial charge in [-0.25, -0.2) is 4.79 Å². The second kappa shape index (κ2) is 5.25. The van der Waals surface area contributed by atoms with E-state index in [9.17, 15) is 14.7 Å². The fourth-order valence-electron chi connectivity index (χ4n) is 2.67. The van der Waals surface area contributed by atoms with Gasteiger partial charge in [-0.1, -0.05) is 5.92 Å². The molecular formula is C16H15N3O4. The van der Waals surface area contributed by atoms with Crippen LogP contribution in [0.1, 0.15) is 6.92 Å². The van der Waals surface area contributed by atoms with Crippen LogP contribution in [-0.2, 0) is 11.3 Å². The smallest absolute Gasteiger partial charge is 0.323 e. The summed E-state index contributed by atoms with van der Waals surface area (Å²) < 4.78 is 6.63. The first-order valence-electron chi connectivity index (χ1n) is 6.92. The minimum absolute atomic E-state index is 0.00571. The molecule has 2 aromatic rings. The number of carbonyl (C=O) groups is 2. The van der Waals surface area contributed by atoms with Gasteiger partial charge in [0, 0.05) is 17.0 Å². The molecule has 23 heavy (non-hydrogen) atoms. The Morgan fingerprint density at radius 1 is 1.39 bits per heavy atom. The van der Waals surface area contributed by atoms with Gasteiger partial charge in [-0.3, -0.25) is 10.1 Å². The molecule has 1 fully saturated rings. The van der Waals surface area contributed by atoms with E-state index in [4.69, 9.17) is 4.74 Å². The predicted octanol–water partition coefficient (Wildman–Crippen LogP) is 0.957. The van der Waals surface area contributed by atoms with Crippen LogP contribution in [0.25, 0.3) is 10.8 Å². The molecule has 0 unspecified atom stereocenters. The van der Waals surface area contributed by atoms with Crippen LogP contribution >= 0.6 is 0 Å². The Morgan fingerprint density at radius 3 is 2.78 bits per heavy atom. The molecule has 0 spiro atoms. The van der Waals surface area contributed by atoms with Crippen molar-refractivity contribution >= 4 is 22.7 Å².